The number of rotatable bonds is 4. The number of nitrogens with zero attached hydrogens (tertiary/aromatic N) is 2. The Hall–Kier alpha value is -3.27. The van der Waals surface area contributed by atoms with Gasteiger partial charge >= 0.3 is 12.1 Å². The molecule has 1 aliphatic rings. The zero-order chi connectivity index (χ0) is 21.3. The van der Waals surface area contributed by atoms with Crippen LogP contribution in [-0.4, -0.2) is 48.0 Å². The van der Waals surface area contributed by atoms with Crippen LogP contribution in [0.5, 0.6) is 5.75 Å². The van der Waals surface area contributed by atoms with Crippen LogP contribution >= 0.6 is 0 Å². The number of fused-ring (bicyclic) bond motifs is 1. The average molecular weight is 422 g/mol. The van der Waals surface area contributed by atoms with E-state index in [1.165, 1.54) is 28.8 Å². The van der Waals surface area contributed by atoms with E-state index in [-0.39, 0.29) is 18.2 Å². The minimum absolute atomic E-state index is 0.173. The number of ether oxygens (including phenoxy) is 2. The van der Waals surface area contributed by atoms with E-state index in [0.717, 1.165) is 0 Å². The Labute approximate surface area is 168 Å². The standard InChI is InChI=1S/C20H17F3N2O5/c21-20(22,23)30-15-4-1-13(2-5-15)14-3-6-17-16(11-14)25(19(27)29-17)12-18(26)24-7-9-28-10-8-24/h1-6,11H,7-10,12H2. The van der Waals surface area contributed by atoms with Gasteiger partial charge in [-0.25, -0.2) is 4.79 Å². The maximum atomic E-state index is 12.5. The summed E-state index contributed by atoms with van der Waals surface area (Å²) in [6, 6.07) is 10.3. The van der Waals surface area contributed by atoms with E-state index in [2.05, 4.69) is 4.74 Å². The van der Waals surface area contributed by atoms with Gasteiger partial charge in [-0.05, 0) is 35.4 Å². The van der Waals surface area contributed by atoms with Gasteiger partial charge in [0.1, 0.15) is 12.3 Å². The van der Waals surface area contributed by atoms with Gasteiger partial charge in [0.25, 0.3) is 0 Å². The Morgan fingerprint density at radius 2 is 1.70 bits per heavy atom. The molecule has 30 heavy (non-hydrogen) atoms. The Bertz CT molecular complexity index is 1110. The molecule has 0 spiro atoms. The molecule has 1 fully saturated rings. The van der Waals surface area contributed by atoms with E-state index in [9.17, 15) is 22.8 Å². The molecule has 0 atom stereocenters. The van der Waals surface area contributed by atoms with Crippen molar-refractivity contribution >= 4 is 17.0 Å². The van der Waals surface area contributed by atoms with Crippen LogP contribution in [0.1, 0.15) is 0 Å². The molecule has 1 aromatic heterocycles. The molecule has 7 nitrogen and oxygen atoms in total. The highest BCUT2D eigenvalue weighted by atomic mass is 19.4. The molecule has 3 aromatic rings. The van der Waals surface area contributed by atoms with Crippen LogP contribution in [0.15, 0.2) is 51.7 Å². The van der Waals surface area contributed by atoms with E-state index >= 15 is 0 Å². The van der Waals surface area contributed by atoms with Crippen LogP contribution in [0.2, 0.25) is 0 Å². The van der Waals surface area contributed by atoms with Crippen LogP contribution in [0.25, 0.3) is 22.2 Å². The number of alkyl halides is 3. The molecule has 0 radical (unpaired) electrons. The van der Waals surface area contributed by atoms with E-state index in [4.69, 9.17) is 9.15 Å². The second kappa shape index (κ2) is 7.86. The molecule has 0 bridgehead atoms. The lowest BCUT2D eigenvalue weighted by molar-refractivity contribution is -0.274. The molecule has 10 heteroatoms. The number of aromatic nitrogens is 1. The smallest absolute Gasteiger partial charge is 0.408 e. The minimum Gasteiger partial charge on any atom is -0.408 e. The number of oxazole rings is 1. The van der Waals surface area contributed by atoms with E-state index in [1.54, 1.807) is 23.1 Å². The van der Waals surface area contributed by atoms with Crippen molar-refractivity contribution in [1.82, 2.24) is 9.47 Å². The van der Waals surface area contributed by atoms with Crippen molar-refractivity contribution in [2.75, 3.05) is 26.3 Å². The number of morpholine rings is 1. The first-order chi connectivity index (χ1) is 14.3. The fourth-order valence-electron chi connectivity index (χ4n) is 3.29. The summed E-state index contributed by atoms with van der Waals surface area (Å²) in [6.45, 7) is 1.64. The van der Waals surface area contributed by atoms with Crippen molar-refractivity contribution in [2.45, 2.75) is 12.9 Å². The van der Waals surface area contributed by atoms with Gasteiger partial charge in [-0.2, -0.15) is 0 Å². The summed E-state index contributed by atoms with van der Waals surface area (Å²) in [5.41, 5.74) is 2.01. The third kappa shape index (κ3) is 4.33. The van der Waals surface area contributed by atoms with Crippen molar-refractivity contribution in [1.29, 1.82) is 0 Å². The van der Waals surface area contributed by atoms with Gasteiger partial charge in [0.15, 0.2) is 5.58 Å². The molecule has 0 N–H and O–H groups in total. The fraction of sp³-hybridized carbons (Fsp3) is 0.300. The normalized spacial score (nSPS) is 14.8. The van der Waals surface area contributed by atoms with Gasteiger partial charge in [0.2, 0.25) is 5.91 Å². The van der Waals surface area contributed by atoms with Crippen molar-refractivity contribution in [2.24, 2.45) is 0 Å². The summed E-state index contributed by atoms with van der Waals surface area (Å²) in [4.78, 5) is 26.4. The molecule has 0 unspecified atom stereocenters. The van der Waals surface area contributed by atoms with Gasteiger partial charge in [-0.1, -0.05) is 18.2 Å². The monoisotopic (exact) mass is 422 g/mol. The molecule has 0 aliphatic carbocycles. The Morgan fingerprint density at radius 3 is 2.37 bits per heavy atom. The van der Waals surface area contributed by atoms with Crippen LogP contribution in [0, 0.1) is 0 Å². The molecular weight excluding hydrogens is 405 g/mol. The molecule has 1 saturated heterocycles. The van der Waals surface area contributed by atoms with Crippen molar-refractivity contribution in [3.63, 3.8) is 0 Å². The lowest BCUT2D eigenvalue weighted by Gasteiger charge is -2.26. The highest BCUT2D eigenvalue weighted by Gasteiger charge is 2.31. The van der Waals surface area contributed by atoms with Gasteiger partial charge < -0.3 is 18.8 Å². The number of hydrogen-bond acceptors (Lipinski definition) is 5. The van der Waals surface area contributed by atoms with Crippen LogP contribution < -0.4 is 10.5 Å². The summed E-state index contributed by atoms with van der Waals surface area (Å²) in [5.74, 6) is -1.21. The van der Waals surface area contributed by atoms with Crippen molar-refractivity contribution < 1.29 is 31.9 Å². The second-order valence-electron chi connectivity index (χ2n) is 6.70. The second-order valence-corrected chi connectivity index (χ2v) is 6.70. The number of halogens is 3. The van der Waals surface area contributed by atoms with Gasteiger partial charge in [-0.3, -0.25) is 9.36 Å². The number of amides is 1. The van der Waals surface area contributed by atoms with Crippen LogP contribution in [0.3, 0.4) is 0 Å². The summed E-state index contributed by atoms with van der Waals surface area (Å²) in [6.07, 6.45) is -4.76. The topological polar surface area (TPSA) is 73.9 Å². The van der Waals surface area contributed by atoms with Gasteiger partial charge in [-0.15, -0.1) is 13.2 Å². The highest BCUT2D eigenvalue weighted by Crippen LogP contribution is 2.28. The van der Waals surface area contributed by atoms with E-state index in [1.807, 2.05) is 0 Å². The summed E-state index contributed by atoms with van der Waals surface area (Å²) >= 11 is 0. The summed E-state index contributed by atoms with van der Waals surface area (Å²) in [7, 11) is 0. The fourth-order valence-corrected chi connectivity index (χ4v) is 3.29. The summed E-state index contributed by atoms with van der Waals surface area (Å²) in [5, 5.41) is 0. The first kappa shape index (κ1) is 20.0. The van der Waals surface area contributed by atoms with Gasteiger partial charge in [0, 0.05) is 13.1 Å². The quantitative estimate of drug-likeness (QED) is 0.646. The van der Waals surface area contributed by atoms with Gasteiger partial charge in [0.05, 0.1) is 18.7 Å². The van der Waals surface area contributed by atoms with Crippen molar-refractivity contribution in [3.05, 3.63) is 53.0 Å². The zero-order valence-corrected chi connectivity index (χ0v) is 15.6. The number of hydrogen-bond donors (Lipinski definition) is 0. The lowest BCUT2D eigenvalue weighted by Crippen LogP contribution is -2.43. The predicted octanol–water partition coefficient (Wildman–Crippen LogP) is 3.02. The zero-order valence-electron chi connectivity index (χ0n) is 15.6. The first-order valence-electron chi connectivity index (χ1n) is 9.15. The van der Waals surface area contributed by atoms with E-state index < -0.39 is 12.1 Å². The maximum Gasteiger partial charge on any atom is 0.573 e. The first-order valence-corrected chi connectivity index (χ1v) is 9.15. The number of benzene rings is 2. The van der Waals surface area contributed by atoms with E-state index in [0.29, 0.717) is 48.5 Å². The SMILES string of the molecule is O=C(Cn1c(=O)oc2ccc(-c3ccc(OC(F)(F)F)cc3)cc21)N1CCOCC1. The van der Waals surface area contributed by atoms with Crippen LogP contribution in [-0.2, 0) is 16.1 Å². The highest BCUT2D eigenvalue weighted by molar-refractivity contribution is 5.83. The molecule has 158 valence electrons. The predicted molar refractivity (Wildman–Crippen MR) is 100.0 cm³/mol. The van der Waals surface area contributed by atoms with Crippen LogP contribution in [0.4, 0.5) is 13.2 Å². The lowest BCUT2D eigenvalue weighted by atomic mass is 10.1. The molecular formula is C20H17F3N2O5. The molecule has 1 amide bonds. The summed E-state index contributed by atoms with van der Waals surface area (Å²) < 4.78 is 52.5. The number of carbonyl (C=O) groups excluding carboxylic acids is 1. The molecule has 4 rings (SSSR count). The van der Waals surface area contributed by atoms with Crippen molar-refractivity contribution in [3.8, 4) is 16.9 Å². The molecule has 2 aromatic carbocycles. The number of carbonyl (C=O) groups is 1. The maximum absolute atomic E-state index is 12.5. The third-order valence-electron chi connectivity index (χ3n) is 4.75. The molecule has 2 heterocycles. The average Bonchev–Trinajstić information content (AvgIpc) is 3.02. The molecule has 0 saturated carbocycles. The Morgan fingerprint density at radius 1 is 1.03 bits per heavy atom. The minimum atomic E-state index is -4.76. The largest absolute Gasteiger partial charge is 0.573 e. The Balaban J connectivity index is 1.61. The third-order valence-corrected chi connectivity index (χ3v) is 4.75. The molecule has 1 aliphatic heterocycles. The Kier molecular flexibility index (Phi) is 5.25.